The molecule has 33 heavy (non-hydrogen) atoms. The maximum atomic E-state index is 13.6. The van der Waals surface area contributed by atoms with E-state index >= 15 is 0 Å². The van der Waals surface area contributed by atoms with Crippen molar-refractivity contribution in [1.82, 2.24) is 13.9 Å². The summed E-state index contributed by atoms with van der Waals surface area (Å²) in [7, 11) is 0. The monoisotopic (exact) mass is 517 g/mol. The van der Waals surface area contributed by atoms with Gasteiger partial charge in [-0.15, -0.1) is 11.3 Å². The number of likely N-dealkylation sites (tertiary alicyclic amines) is 1. The third kappa shape index (κ3) is 4.01. The van der Waals surface area contributed by atoms with E-state index in [1.54, 1.807) is 22.8 Å². The summed E-state index contributed by atoms with van der Waals surface area (Å²) < 4.78 is 4.04. The summed E-state index contributed by atoms with van der Waals surface area (Å²) >= 11 is 19.5. The number of nitrogens with zero attached hydrogens (tertiary/aromatic N) is 3. The first-order valence-electron chi connectivity index (χ1n) is 10.8. The molecular weight excluding hydrogens is 497 g/mol. The molecule has 170 valence electrons. The fourth-order valence-electron chi connectivity index (χ4n) is 4.38. The number of rotatable bonds is 3. The van der Waals surface area contributed by atoms with Crippen LogP contribution in [0.2, 0.25) is 10.0 Å². The van der Waals surface area contributed by atoms with Crippen molar-refractivity contribution in [2.24, 2.45) is 5.92 Å². The zero-order valence-electron chi connectivity index (χ0n) is 17.9. The van der Waals surface area contributed by atoms with Crippen LogP contribution in [0.5, 0.6) is 0 Å². The van der Waals surface area contributed by atoms with Crippen LogP contribution in [-0.2, 0) is 11.3 Å². The molecule has 0 saturated carbocycles. The van der Waals surface area contributed by atoms with Crippen LogP contribution in [-0.4, -0.2) is 32.9 Å². The molecule has 0 spiro atoms. The quantitative estimate of drug-likeness (QED) is 0.300. The molecule has 1 fully saturated rings. The Hall–Kier alpha value is -2.19. The minimum Gasteiger partial charge on any atom is -0.341 e. The number of carbonyl (C=O) groups excluding carboxylic acids is 1. The van der Waals surface area contributed by atoms with Gasteiger partial charge in [0.15, 0.2) is 3.95 Å². The summed E-state index contributed by atoms with van der Waals surface area (Å²) in [6.07, 6.45) is 1.96. The summed E-state index contributed by atoms with van der Waals surface area (Å²) in [5.41, 5.74) is 1.91. The van der Waals surface area contributed by atoms with Crippen molar-refractivity contribution in [3.05, 3.63) is 66.8 Å². The van der Waals surface area contributed by atoms with Crippen molar-refractivity contribution in [1.29, 1.82) is 0 Å². The van der Waals surface area contributed by atoms with Crippen LogP contribution >= 0.6 is 46.8 Å². The Morgan fingerprint density at radius 3 is 2.58 bits per heavy atom. The number of thiazole rings is 1. The van der Waals surface area contributed by atoms with Crippen molar-refractivity contribution in [2.45, 2.75) is 26.3 Å². The second-order valence-electron chi connectivity index (χ2n) is 8.46. The van der Waals surface area contributed by atoms with E-state index in [0.717, 1.165) is 28.8 Å². The third-order valence-corrected chi connectivity index (χ3v) is 8.43. The molecule has 0 N–H and O–H groups in total. The van der Waals surface area contributed by atoms with E-state index in [9.17, 15) is 9.59 Å². The number of hydrogen-bond donors (Lipinski definition) is 0. The predicted molar refractivity (Wildman–Crippen MR) is 138 cm³/mol. The Morgan fingerprint density at radius 1 is 1.12 bits per heavy atom. The van der Waals surface area contributed by atoms with Gasteiger partial charge in [0, 0.05) is 13.1 Å². The Morgan fingerprint density at radius 2 is 1.85 bits per heavy atom. The third-order valence-electron chi connectivity index (χ3n) is 6.27. The van der Waals surface area contributed by atoms with Gasteiger partial charge >= 0.3 is 0 Å². The average Bonchev–Trinajstić information content (AvgIpc) is 3.16. The van der Waals surface area contributed by atoms with Crippen LogP contribution in [0.15, 0.2) is 47.3 Å². The molecule has 0 radical (unpaired) electrons. The Balaban J connectivity index is 1.75. The molecule has 5 nitrogen and oxygen atoms in total. The normalized spacial score (nSPS) is 14.9. The van der Waals surface area contributed by atoms with E-state index in [4.69, 9.17) is 35.4 Å². The molecule has 9 heteroatoms. The Kier molecular flexibility index (Phi) is 6.07. The van der Waals surface area contributed by atoms with Gasteiger partial charge in [0.25, 0.3) is 5.56 Å². The number of carbonyl (C=O) groups is 1. The number of hydrogen-bond acceptors (Lipinski definition) is 4. The van der Waals surface area contributed by atoms with Crippen LogP contribution < -0.4 is 5.56 Å². The molecule has 0 atom stereocenters. The van der Waals surface area contributed by atoms with Gasteiger partial charge in [0.2, 0.25) is 5.91 Å². The van der Waals surface area contributed by atoms with Crippen molar-refractivity contribution in [2.75, 3.05) is 13.1 Å². The largest absolute Gasteiger partial charge is 0.341 e. The number of para-hydroxylation sites is 1. The molecule has 1 aliphatic heterocycles. The first-order chi connectivity index (χ1) is 15.8. The van der Waals surface area contributed by atoms with Gasteiger partial charge in [0.05, 0.1) is 25.8 Å². The van der Waals surface area contributed by atoms with Crippen molar-refractivity contribution in [3.63, 3.8) is 0 Å². The number of piperidine rings is 1. The lowest BCUT2D eigenvalue weighted by Crippen LogP contribution is -2.41. The van der Waals surface area contributed by atoms with Crippen LogP contribution in [0.3, 0.4) is 0 Å². The minimum absolute atomic E-state index is 0.0403. The van der Waals surface area contributed by atoms with Gasteiger partial charge in [-0.1, -0.05) is 48.3 Å². The first kappa shape index (κ1) is 22.6. The highest BCUT2D eigenvalue weighted by Gasteiger charge is 2.24. The fourth-order valence-corrected chi connectivity index (χ4v) is 6.10. The number of fused-ring (bicyclic) bond motifs is 3. The summed E-state index contributed by atoms with van der Waals surface area (Å²) in [4.78, 5) is 29.5. The topological polar surface area (TPSA) is 46.7 Å². The number of amides is 1. The number of benzene rings is 2. The molecule has 0 bridgehead atoms. The molecule has 1 amide bonds. The second kappa shape index (κ2) is 8.87. The van der Waals surface area contributed by atoms with Gasteiger partial charge < -0.3 is 4.90 Å². The van der Waals surface area contributed by atoms with E-state index in [1.165, 1.54) is 11.3 Å². The van der Waals surface area contributed by atoms with Gasteiger partial charge in [0.1, 0.15) is 12.2 Å². The van der Waals surface area contributed by atoms with Gasteiger partial charge in [-0.2, -0.15) is 0 Å². The lowest BCUT2D eigenvalue weighted by Gasteiger charge is -2.30. The highest BCUT2D eigenvalue weighted by atomic mass is 35.5. The summed E-state index contributed by atoms with van der Waals surface area (Å²) in [6.45, 7) is 3.60. The minimum atomic E-state index is -0.210. The lowest BCUT2D eigenvalue weighted by atomic mass is 9.99. The first-order valence-corrected chi connectivity index (χ1v) is 12.7. The van der Waals surface area contributed by atoms with E-state index in [1.807, 2.05) is 33.6 Å². The van der Waals surface area contributed by atoms with Gasteiger partial charge in [-0.05, 0) is 60.8 Å². The van der Waals surface area contributed by atoms with Crippen LogP contribution in [0.1, 0.15) is 19.8 Å². The Labute approximate surface area is 209 Å². The van der Waals surface area contributed by atoms with E-state index in [0.29, 0.717) is 44.0 Å². The van der Waals surface area contributed by atoms with Crippen molar-refractivity contribution < 1.29 is 4.79 Å². The molecule has 0 unspecified atom stereocenters. The summed E-state index contributed by atoms with van der Waals surface area (Å²) in [5.74, 6) is 0.555. The summed E-state index contributed by atoms with van der Waals surface area (Å²) in [5, 5.41) is 1.39. The zero-order valence-corrected chi connectivity index (χ0v) is 21.0. The maximum absolute atomic E-state index is 13.6. The van der Waals surface area contributed by atoms with Crippen LogP contribution in [0, 0.1) is 9.87 Å². The van der Waals surface area contributed by atoms with Crippen molar-refractivity contribution in [3.8, 4) is 10.4 Å². The van der Waals surface area contributed by atoms with Gasteiger partial charge in [-0.25, -0.2) is 0 Å². The van der Waals surface area contributed by atoms with E-state index in [2.05, 4.69) is 6.92 Å². The zero-order chi connectivity index (χ0) is 23.3. The standard InChI is InChI=1S/C24H21Cl2N3O2S2/c1-14-8-10-27(11-9-14)20(30)13-28-22-21(15-6-7-17(25)18(26)12-15)33-24(32)29(22)19-5-3-2-4-16(19)23(28)31/h2-7,12,14H,8-11,13H2,1H3. The lowest BCUT2D eigenvalue weighted by molar-refractivity contribution is -0.133. The van der Waals surface area contributed by atoms with E-state index < -0.39 is 0 Å². The molecule has 1 saturated heterocycles. The highest BCUT2D eigenvalue weighted by molar-refractivity contribution is 7.73. The molecule has 4 aromatic rings. The van der Waals surface area contributed by atoms with Crippen molar-refractivity contribution >= 4 is 69.2 Å². The molecule has 2 aromatic carbocycles. The molecule has 0 aliphatic carbocycles. The summed E-state index contributed by atoms with van der Waals surface area (Å²) in [6, 6.07) is 12.7. The molecule has 2 aromatic heterocycles. The maximum Gasteiger partial charge on any atom is 0.262 e. The van der Waals surface area contributed by atoms with Crippen LogP contribution in [0.25, 0.3) is 27.0 Å². The number of aromatic nitrogens is 2. The van der Waals surface area contributed by atoms with E-state index in [-0.39, 0.29) is 18.0 Å². The number of halogens is 2. The van der Waals surface area contributed by atoms with Crippen LogP contribution in [0.4, 0.5) is 0 Å². The molecule has 5 rings (SSSR count). The average molecular weight is 518 g/mol. The highest BCUT2D eigenvalue weighted by Crippen LogP contribution is 2.36. The second-order valence-corrected chi connectivity index (χ2v) is 10.9. The SMILES string of the molecule is CC1CCN(C(=O)Cn2c(=O)c3ccccc3n3c(=S)sc(-c4ccc(Cl)c(Cl)c4)c23)CC1. The fraction of sp³-hybridized carbons (Fsp3) is 0.292. The smallest absolute Gasteiger partial charge is 0.262 e. The molecule has 3 heterocycles. The molecule has 1 aliphatic rings. The predicted octanol–water partition coefficient (Wildman–Crippen LogP) is 6.28. The molecular formula is C24H21Cl2N3O2S2. The van der Waals surface area contributed by atoms with Gasteiger partial charge in [-0.3, -0.25) is 18.6 Å². The Bertz CT molecular complexity index is 1510.